The standard InChI is InChI=1S/C12H14BrNO3S/c1-8-5-9(13)3-4-10(8)18-7-11(15)14(2)6-12(16)17/h3-5H,6-7H2,1-2H3,(H,16,17). The number of aryl methyl sites for hydroxylation is 1. The highest BCUT2D eigenvalue weighted by atomic mass is 79.9. The Labute approximate surface area is 118 Å². The van der Waals surface area contributed by atoms with Crippen LogP contribution >= 0.6 is 27.7 Å². The van der Waals surface area contributed by atoms with Crippen LogP contribution in [0.5, 0.6) is 0 Å². The smallest absolute Gasteiger partial charge is 0.323 e. The van der Waals surface area contributed by atoms with Crippen LogP contribution in [-0.2, 0) is 9.59 Å². The van der Waals surface area contributed by atoms with Gasteiger partial charge in [-0.3, -0.25) is 9.59 Å². The van der Waals surface area contributed by atoms with E-state index in [4.69, 9.17) is 5.11 Å². The molecule has 0 bridgehead atoms. The number of benzene rings is 1. The van der Waals surface area contributed by atoms with E-state index in [2.05, 4.69) is 15.9 Å². The highest BCUT2D eigenvalue weighted by Gasteiger charge is 2.12. The first kappa shape index (κ1) is 15.0. The largest absolute Gasteiger partial charge is 0.480 e. The van der Waals surface area contributed by atoms with E-state index in [1.165, 1.54) is 23.7 Å². The second-order valence-corrected chi connectivity index (χ2v) is 5.77. The van der Waals surface area contributed by atoms with Crippen molar-refractivity contribution >= 4 is 39.6 Å². The summed E-state index contributed by atoms with van der Waals surface area (Å²) < 4.78 is 0.999. The second kappa shape index (κ2) is 6.80. The number of hydrogen-bond acceptors (Lipinski definition) is 3. The average Bonchev–Trinajstić information content (AvgIpc) is 2.26. The van der Waals surface area contributed by atoms with Crippen molar-refractivity contribution in [2.45, 2.75) is 11.8 Å². The summed E-state index contributed by atoms with van der Waals surface area (Å²) in [5.74, 6) is -0.952. The highest BCUT2D eigenvalue weighted by molar-refractivity contribution is 9.10. The van der Waals surface area contributed by atoms with Gasteiger partial charge in [0.05, 0.1) is 5.75 Å². The Bertz CT molecular complexity index is 465. The maximum atomic E-state index is 11.7. The molecule has 0 aromatic heterocycles. The van der Waals surface area contributed by atoms with Gasteiger partial charge in [0, 0.05) is 16.4 Å². The minimum atomic E-state index is -1.00. The van der Waals surface area contributed by atoms with Crippen molar-refractivity contribution in [3.63, 3.8) is 0 Å². The van der Waals surface area contributed by atoms with Crippen LogP contribution in [0, 0.1) is 6.92 Å². The molecule has 0 aliphatic rings. The number of rotatable bonds is 5. The zero-order valence-electron chi connectivity index (χ0n) is 10.1. The zero-order valence-corrected chi connectivity index (χ0v) is 12.5. The molecule has 0 atom stereocenters. The Balaban J connectivity index is 2.54. The lowest BCUT2D eigenvalue weighted by Crippen LogP contribution is -2.33. The first-order valence-corrected chi connectivity index (χ1v) is 7.02. The minimum Gasteiger partial charge on any atom is -0.480 e. The SMILES string of the molecule is Cc1cc(Br)ccc1SCC(=O)N(C)CC(=O)O. The normalized spacial score (nSPS) is 10.2. The molecule has 18 heavy (non-hydrogen) atoms. The molecule has 1 aromatic carbocycles. The maximum Gasteiger partial charge on any atom is 0.323 e. The van der Waals surface area contributed by atoms with Crippen molar-refractivity contribution in [1.82, 2.24) is 4.90 Å². The van der Waals surface area contributed by atoms with Gasteiger partial charge in [-0.2, -0.15) is 0 Å². The number of nitrogens with zero attached hydrogens (tertiary/aromatic N) is 1. The quantitative estimate of drug-likeness (QED) is 0.841. The number of aliphatic carboxylic acids is 1. The molecule has 0 heterocycles. The van der Waals surface area contributed by atoms with Crippen LogP contribution in [0.15, 0.2) is 27.6 Å². The molecule has 0 aliphatic carbocycles. The summed E-state index contributed by atoms with van der Waals surface area (Å²) in [6.45, 7) is 1.71. The predicted molar refractivity (Wildman–Crippen MR) is 74.9 cm³/mol. The van der Waals surface area contributed by atoms with Gasteiger partial charge in [-0.05, 0) is 30.7 Å². The van der Waals surface area contributed by atoms with Crippen molar-refractivity contribution < 1.29 is 14.7 Å². The number of amides is 1. The molecule has 1 rings (SSSR count). The van der Waals surface area contributed by atoms with Gasteiger partial charge in [0.1, 0.15) is 6.54 Å². The number of thioether (sulfide) groups is 1. The number of halogens is 1. The van der Waals surface area contributed by atoms with Gasteiger partial charge in [-0.25, -0.2) is 0 Å². The van der Waals surface area contributed by atoms with E-state index < -0.39 is 5.97 Å². The number of carboxylic acid groups (broad SMARTS) is 1. The van der Waals surface area contributed by atoms with E-state index in [0.717, 1.165) is 14.9 Å². The third kappa shape index (κ3) is 4.70. The molecular weight excluding hydrogens is 318 g/mol. The number of carboxylic acids is 1. The molecule has 0 fully saturated rings. The molecule has 0 radical (unpaired) electrons. The third-order valence-corrected chi connectivity index (χ3v) is 3.94. The lowest BCUT2D eigenvalue weighted by Gasteiger charge is -2.14. The van der Waals surface area contributed by atoms with Gasteiger partial charge in [-0.15, -0.1) is 11.8 Å². The van der Waals surface area contributed by atoms with Gasteiger partial charge in [0.25, 0.3) is 0 Å². The average molecular weight is 332 g/mol. The van der Waals surface area contributed by atoms with Crippen molar-refractivity contribution in [2.24, 2.45) is 0 Å². The van der Waals surface area contributed by atoms with Gasteiger partial charge in [0.15, 0.2) is 0 Å². The molecule has 1 aromatic rings. The molecule has 0 saturated heterocycles. The van der Waals surface area contributed by atoms with Crippen LogP contribution in [0.1, 0.15) is 5.56 Å². The molecule has 0 aliphatic heterocycles. The van der Waals surface area contributed by atoms with Gasteiger partial charge >= 0.3 is 5.97 Å². The van der Waals surface area contributed by atoms with Crippen LogP contribution in [0.3, 0.4) is 0 Å². The Morgan fingerprint density at radius 3 is 2.67 bits per heavy atom. The fourth-order valence-corrected chi connectivity index (χ4v) is 2.74. The molecule has 0 saturated carbocycles. The van der Waals surface area contributed by atoms with Crippen LogP contribution in [0.4, 0.5) is 0 Å². The number of carbonyl (C=O) groups excluding carboxylic acids is 1. The summed E-state index contributed by atoms with van der Waals surface area (Å²) in [4.78, 5) is 24.4. The summed E-state index contributed by atoms with van der Waals surface area (Å²) in [6.07, 6.45) is 0. The number of carbonyl (C=O) groups is 2. The zero-order chi connectivity index (χ0) is 13.7. The first-order chi connectivity index (χ1) is 8.40. The van der Waals surface area contributed by atoms with Crippen LogP contribution in [0.2, 0.25) is 0 Å². The fourth-order valence-electron chi connectivity index (χ4n) is 1.32. The number of hydrogen-bond donors (Lipinski definition) is 1. The molecule has 98 valence electrons. The Hall–Kier alpha value is -1.01. The summed E-state index contributed by atoms with van der Waals surface area (Å²) in [5, 5.41) is 8.59. The van der Waals surface area contributed by atoms with Gasteiger partial charge in [-0.1, -0.05) is 15.9 Å². The van der Waals surface area contributed by atoms with E-state index in [9.17, 15) is 9.59 Å². The third-order valence-electron chi connectivity index (χ3n) is 2.29. The van der Waals surface area contributed by atoms with Crippen molar-refractivity contribution in [3.8, 4) is 0 Å². The molecular formula is C12H14BrNO3S. The molecule has 0 unspecified atom stereocenters. The first-order valence-electron chi connectivity index (χ1n) is 5.25. The maximum absolute atomic E-state index is 11.7. The lowest BCUT2D eigenvalue weighted by molar-refractivity contribution is -0.142. The van der Waals surface area contributed by atoms with Crippen molar-refractivity contribution in [3.05, 3.63) is 28.2 Å². The molecule has 1 N–H and O–H groups in total. The fraction of sp³-hybridized carbons (Fsp3) is 0.333. The summed E-state index contributed by atoms with van der Waals surface area (Å²) in [6, 6.07) is 5.84. The Morgan fingerprint density at radius 1 is 1.44 bits per heavy atom. The van der Waals surface area contributed by atoms with E-state index in [-0.39, 0.29) is 18.2 Å². The minimum absolute atomic E-state index is 0.190. The molecule has 1 amide bonds. The lowest BCUT2D eigenvalue weighted by atomic mass is 10.2. The topological polar surface area (TPSA) is 57.6 Å². The molecule has 6 heteroatoms. The van der Waals surface area contributed by atoms with Crippen molar-refractivity contribution in [2.75, 3.05) is 19.3 Å². The summed E-state index contributed by atoms with van der Waals surface area (Å²) >= 11 is 4.79. The van der Waals surface area contributed by atoms with Gasteiger partial charge in [0.2, 0.25) is 5.91 Å². The second-order valence-electron chi connectivity index (χ2n) is 3.84. The summed E-state index contributed by atoms with van der Waals surface area (Å²) in [5.41, 5.74) is 1.09. The van der Waals surface area contributed by atoms with E-state index >= 15 is 0 Å². The Morgan fingerprint density at radius 2 is 2.11 bits per heavy atom. The van der Waals surface area contributed by atoms with Crippen molar-refractivity contribution in [1.29, 1.82) is 0 Å². The molecule has 0 spiro atoms. The van der Waals surface area contributed by atoms with E-state index in [1.807, 2.05) is 25.1 Å². The van der Waals surface area contributed by atoms with E-state index in [1.54, 1.807) is 0 Å². The van der Waals surface area contributed by atoms with Crippen LogP contribution in [-0.4, -0.2) is 41.2 Å². The van der Waals surface area contributed by atoms with Crippen LogP contribution < -0.4 is 0 Å². The van der Waals surface area contributed by atoms with Crippen LogP contribution in [0.25, 0.3) is 0 Å². The number of likely N-dealkylation sites (N-methyl/N-ethyl adjacent to an activating group) is 1. The van der Waals surface area contributed by atoms with E-state index in [0.29, 0.717) is 0 Å². The monoisotopic (exact) mass is 331 g/mol. The molecule has 4 nitrogen and oxygen atoms in total. The predicted octanol–water partition coefficient (Wildman–Crippen LogP) is 2.39. The summed E-state index contributed by atoms with van der Waals surface area (Å²) in [7, 11) is 1.49. The Kier molecular flexibility index (Phi) is 5.68. The van der Waals surface area contributed by atoms with Gasteiger partial charge < -0.3 is 10.0 Å². The highest BCUT2D eigenvalue weighted by Crippen LogP contribution is 2.25.